The number of oxime groups is 1. The normalized spacial score (nSPS) is 13.2. The summed E-state index contributed by atoms with van der Waals surface area (Å²) < 4.78 is 25.7. The van der Waals surface area contributed by atoms with Gasteiger partial charge in [-0.05, 0) is 6.07 Å². The zero-order valence-electron chi connectivity index (χ0n) is 9.30. The highest BCUT2D eigenvalue weighted by atomic mass is 35.5. The molecule has 6 nitrogen and oxygen atoms in total. The van der Waals surface area contributed by atoms with Crippen LogP contribution in [0.1, 0.15) is 6.42 Å². The Bertz CT molecular complexity index is 556. The number of sulfonamides is 1. The van der Waals surface area contributed by atoms with Crippen molar-refractivity contribution in [1.29, 1.82) is 0 Å². The first-order valence-electron chi connectivity index (χ1n) is 4.66. The third kappa shape index (κ3) is 3.48. The van der Waals surface area contributed by atoms with Crippen LogP contribution >= 0.6 is 34.5 Å². The zero-order valence-corrected chi connectivity index (χ0v) is 12.4. The van der Waals surface area contributed by atoms with Crippen molar-refractivity contribution in [3.63, 3.8) is 0 Å². The second kappa shape index (κ2) is 6.07. The van der Waals surface area contributed by atoms with E-state index in [1.807, 2.05) is 0 Å². The maximum Gasteiger partial charge on any atom is 0.245 e. The van der Waals surface area contributed by atoms with E-state index in [1.54, 1.807) is 0 Å². The lowest BCUT2D eigenvalue weighted by molar-refractivity contribution is 0.316. The lowest BCUT2D eigenvalue weighted by atomic mass is 10.4. The van der Waals surface area contributed by atoms with Gasteiger partial charge in [0.1, 0.15) is 15.1 Å². The number of thiophene rings is 1. The van der Waals surface area contributed by atoms with E-state index in [-0.39, 0.29) is 28.0 Å². The van der Waals surface area contributed by atoms with Gasteiger partial charge in [-0.25, -0.2) is 12.7 Å². The minimum atomic E-state index is -3.72. The van der Waals surface area contributed by atoms with Crippen LogP contribution in [-0.4, -0.2) is 37.4 Å². The highest BCUT2D eigenvalue weighted by Gasteiger charge is 2.25. The third-order valence-electron chi connectivity index (χ3n) is 2.12. The molecule has 0 unspecified atom stereocenters. The minimum Gasteiger partial charge on any atom is -0.409 e. The SMILES string of the molecule is CN(CC/C(N)=N/O)S(=O)(=O)c1cc(Cl)sc1Cl. The van der Waals surface area contributed by atoms with Crippen LogP contribution in [0.5, 0.6) is 0 Å². The number of halogens is 2. The Hall–Kier alpha value is -0.540. The van der Waals surface area contributed by atoms with Crippen LogP contribution in [0.3, 0.4) is 0 Å². The van der Waals surface area contributed by atoms with Gasteiger partial charge in [0.15, 0.2) is 0 Å². The van der Waals surface area contributed by atoms with E-state index in [1.165, 1.54) is 13.1 Å². The topological polar surface area (TPSA) is 96.0 Å². The summed E-state index contributed by atoms with van der Waals surface area (Å²) in [6.07, 6.45) is 0.113. The van der Waals surface area contributed by atoms with Crippen LogP contribution in [0, 0.1) is 0 Å². The number of hydrogen-bond acceptors (Lipinski definition) is 5. The van der Waals surface area contributed by atoms with Gasteiger partial charge in [0, 0.05) is 20.0 Å². The molecule has 10 heteroatoms. The summed E-state index contributed by atoms with van der Waals surface area (Å²) in [4.78, 5) is -0.0406. The second-order valence-electron chi connectivity index (χ2n) is 3.36. The van der Waals surface area contributed by atoms with Crippen molar-refractivity contribution in [3.8, 4) is 0 Å². The molecular weight excluding hydrogens is 321 g/mol. The highest BCUT2D eigenvalue weighted by molar-refractivity contribution is 7.89. The summed E-state index contributed by atoms with van der Waals surface area (Å²) in [5, 5.41) is 11.1. The Morgan fingerprint density at radius 2 is 2.22 bits per heavy atom. The van der Waals surface area contributed by atoms with Gasteiger partial charge >= 0.3 is 0 Å². The number of hydrogen-bond donors (Lipinski definition) is 2. The van der Waals surface area contributed by atoms with Gasteiger partial charge < -0.3 is 10.9 Å². The molecule has 1 rings (SSSR count). The van der Waals surface area contributed by atoms with Gasteiger partial charge in [-0.15, -0.1) is 11.3 Å². The molecule has 102 valence electrons. The first kappa shape index (κ1) is 15.5. The molecular formula is C8H11Cl2N3O3S2. The number of amidine groups is 1. The summed E-state index contributed by atoms with van der Waals surface area (Å²) in [5.74, 6) is -0.0495. The average molecular weight is 332 g/mol. The highest BCUT2D eigenvalue weighted by Crippen LogP contribution is 2.35. The maximum absolute atomic E-state index is 12.1. The molecule has 3 N–H and O–H groups in total. The van der Waals surface area contributed by atoms with E-state index in [0.717, 1.165) is 15.6 Å². The van der Waals surface area contributed by atoms with Crippen LogP contribution in [0.25, 0.3) is 0 Å². The molecule has 0 saturated carbocycles. The standard InChI is InChI=1S/C8H11Cl2N3O3S2/c1-13(3-2-7(11)12-14)18(15,16)5-4-6(9)17-8(5)10/h4,14H,2-3H2,1H3,(H2,11,12). The molecule has 0 atom stereocenters. The molecule has 0 bridgehead atoms. The zero-order chi connectivity index (χ0) is 13.9. The van der Waals surface area contributed by atoms with Crippen molar-refractivity contribution in [2.45, 2.75) is 11.3 Å². The van der Waals surface area contributed by atoms with Crippen LogP contribution in [0.15, 0.2) is 16.1 Å². The number of nitrogens with zero attached hydrogens (tertiary/aromatic N) is 2. The molecule has 0 aliphatic rings. The van der Waals surface area contributed by atoms with Crippen LogP contribution in [0.2, 0.25) is 8.67 Å². The van der Waals surface area contributed by atoms with E-state index in [0.29, 0.717) is 4.34 Å². The fourth-order valence-corrected chi connectivity index (χ4v) is 4.39. The third-order valence-corrected chi connectivity index (χ3v) is 5.73. The first-order chi connectivity index (χ1) is 8.28. The Balaban J connectivity index is 2.90. The fraction of sp³-hybridized carbons (Fsp3) is 0.375. The summed E-state index contributed by atoms with van der Waals surface area (Å²) in [7, 11) is -2.34. The molecule has 0 radical (unpaired) electrons. The molecule has 1 aromatic heterocycles. The van der Waals surface area contributed by atoms with Crippen molar-refractivity contribution >= 4 is 50.4 Å². The van der Waals surface area contributed by atoms with Gasteiger partial charge in [0.2, 0.25) is 10.0 Å². The van der Waals surface area contributed by atoms with E-state index in [9.17, 15) is 8.42 Å². The number of rotatable bonds is 5. The first-order valence-corrected chi connectivity index (χ1v) is 7.68. The van der Waals surface area contributed by atoms with Crippen molar-refractivity contribution < 1.29 is 13.6 Å². The lowest BCUT2D eigenvalue weighted by Crippen LogP contribution is -2.30. The molecule has 0 spiro atoms. The van der Waals surface area contributed by atoms with E-state index < -0.39 is 10.0 Å². The molecule has 1 aromatic rings. The summed E-state index contributed by atoms with van der Waals surface area (Å²) in [6, 6.07) is 1.30. The molecule has 0 fully saturated rings. The predicted octanol–water partition coefficient (Wildman–Crippen LogP) is 1.81. The van der Waals surface area contributed by atoms with Crippen LogP contribution in [-0.2, 0) is 10.0 Å². The smallest absolute Gasteiger partial charge is 0.245 e. The Morgan fingerprint density at radius 1 is 1.61 bits per heavy atom. The summed E-state index contributed by atoms with van der Waals surface area (Å²) >= 11 is 12.5. The molecule has 0 aromatic carbocycles. The molecule has 1 heterocycles. The van der Waals surface area contributed by atoms with Crippen molar-refractivity contribution in [2.75, 3.05) is 13.6 Å². The van der Waals surface area contributed by atoms with E-state index in [4.69, 9.17) is 34.1 Å². The van der Waals surface area contributed by atoms with E-state index >= 15 is 0 Å². The fourth-order valence-electron chi connectivity index (χ4n) is 1.11. The van der Waals surface area contributed by atoms with Gasteiger partial charge in [0.25, 0.3) is 0 Å². The molecule has 0 aliphatic heterocycles. The Labute approximate surface area is 119 Å². The quantitative estimate of drug-likeness (QED) is 0.372. The van der Waals surface area contributed by atoms with Gasteiger partial charge in [-0.1, -0.05) is 28.4 Å². The molecule has 18 heavy (non-hydrogen) atoms. The maximum atomic E-state index is 12.1. The summed E-state index contributed by atoms with van der Waals surface area (Å²) in [6.45, 7) is 0.0714. The number of nitrogens with two attached hydrogens (primary N) is 1. The Morgan fingerprint density at radius 3 is 2.67 bits per heavy atom. The minimum absolute atomic E-state index is 0.0406. The molecule has 0 saturated heterocycles. The van der Waals surface area contributed by atoms with Crippen molar-refractivity contribution in [2.24, 2.45) is 10.9 Å². The van der Waals surface area contributed by atoms with Gasteiger partial charge in [-0.2, -0.15) is 0 Å². The van der Waals surface area contributed by atoms with Crippen molar-refractivity contribution in [1.82, 2.24) is 4.31 Å². The van der Waals surface area contributed by atoms with Crippen LogP contribution in [0.4, 0.5) is 0 Å². The lowest BCUT2D eigenvalue weighted by Gasteiger charge is -2.15. The van der Waals surface area contributed by atoms with Gasteiger partial charge in [0.05, 0.1) is 4.34 Å². The monoisotopic (exact) mass is 331 g/mol. The largest absolute Gasteiger partial charge is 0.409 e. The van der Waals surface area contributed by atoms with Crippen molar-refractivity contribution in [3.05, 3.63) is 14.7 Å². The Kier molecular flexibility index (Phi) is 5.23. The van der Waals surface area contributed by atoms with E-state index in [2.05, 4.69) is 5.16 Å². The average Bonchev–Trinajstić information content (AvgIpc) is 2.65. The van der Waals surface area contributed by atoms with Gasteiger partial charge in [-0.3, -0.25) is 0 Å². The predicted molar refractivity (Wildman–Crippen MR) is 72.2 cm³/mol. The second-order valence-corrected chi connectivity index (χ2v) is 7.66. The van der Waals surface area contributed by atoms with Crippen LogP contribution < -0.4 is 5.73 Å². The molecule has 0 aliphatic carbocycles. The molecule has 0 amide bonds. The summed E-state index contributed by atoms with van der Waals surface area (Å²) in [5.41, 5.74) is 5.27.